The van der Waals surface area contributed by atoms with Crippen LogP contribution in [-0.2, 0) is 6.42 Å². The molecule has 0 unspecified atom stereocenters. The van der Waals surface area contributed by atoms with Crippen LogP contribution in [0.2, 0.25) is 0 Å². The van der Waals surface area contributed by atoms with E-state index < -0.39 is 0 Å². The fourth-order valence-corrected chi connectivity index (χ4v) is 1.64. The number of hydrogen-bond donors (Lipinski definition) is 1. The van der Waals surface area contributed by atoms with E-state index in [1.165, 1.54) is 0 Å². The van der Waals surface area contributed by atoms with Crippen LogP contribution in [0.4, 0.5) is 0 Å². The number of methoxy groups -OCH3 is 2. The minimum absolute atomic E-state index is 0.102. The van der Waals surface area contributed by atoms with Gasteiger partial charge in [-0.25, -0.2) is 0 Å². The molecule has 1 aromatic carbocycles. The summed E-state index contributed by atoms with van der Waals surface area (Å²) in [6.45, 7) is 0.102. The quantitative estimate of drug-likeness (QED) is 0.855. The summed E-state index contributed by atoms with van der Waals surface area (Å²) in [5.74, 6) is 2.31. The topological polar surface area (TPSA) is 77.6 Å². The van der Waals surface area contributed by atoms with Crippen molar-refractivity contribution in [3.63, 3.8) is 0 Å². The number of aliphatic hydroxyl groups excluding tert-OH is 1. The first kappa shape index (κ1) is 13.4. The van der Waals surface area contributed by atoms with E-state index in [1.54, 1.807) is 20.3 Å². The number of nitrogens with zero attached hydrogens (tertiary/aromatic N) is 2. The number of hydrogen-bond acceptors (Lipinski definition) is 6. The molecule has 102 valence electrons. The molecule has 0 amide bonds. The molecule has 1 aromatic heterocycles. The van der Waals surface area contributed by atoms with Crippen LogP contribution >= 0.6 is 0 Å². The fourth-order valence-electron chi connectivity index (χ4n) is 1.64. The molecule has 0 radical (unpaired) electrons. The van der Waals surface area contributed by atoms with Gasteiger partial charge >= 0.3 is 0 Å². The molecule has 2 rings (SSSR count). The minimum Gasteiger partial charge on any atom is -0.497 e. The predicted octanol–water partition coefficient (Wildman–Crippen LogP) is 1.68. The summed E-state index contributed by atoms with van der Waals surface area (Å²) in [6, 6.07) is 5.39. The third-order valence-corrected chi connectivity index (χ3v) is 2.63. The Bertz CT molecular complexity index is 517. The summed E-state index contributed by atoms with van der Waals surface area (Å²) in [4.78, 5) is 4.27. The van der Waals surface area contributed by atoms with E-state index in [0.29, 0.717) is 36.1 Å². The van der Waals surface area contributed by atoms with Crippen LogP contribution in [0, 0.1) is 0 Å². The van der Waals surface area contributed by atoms with Gasteiger partial charge in [-0.1, -0.05) is 5.16 Å². The Morgan fingerprint density at radius 2 is 1.84 bits per heavy atom. The number of aliphatic hydroxyl groups is 1. The van der Waals surface area contributed by atoms with Crippen molar-refractivity contribution in [3.8, 4) is 22.9 Å². The molecule has 0 saturated heterocycles. The van der Waals surface area contributed by atoms with E-state index in [4.69, 9.17) is 19.1 Å². The molecule has 0 saturated carbocycles. The molecule has 0 aliphatic rings. The van der Waals surface area contributed by atoms with Gasteiger partial charge in [-0.3, -0.25) is 0 Å². The van der Waals surface area contributed by atoms with E-state index in [0.717, 1.165) is 5.56 Å². The van der Waals surface area contributed by atoms with Gasteiger partial charge < -0.3 is 19.1 Å². The smallest absolute Gasteiger partial charge is 0.227 e. The average Bonchev–Trinajstić information content (AvgIpc) is 2.93. The summed E-state index contributed by atoms with van der Waals surface area (Å²) in [5.41, 5.74) is 0.759. The molecule has 1 heterocycles. The molecule has 2 aromatic rings. The third kappa shape index (κ3) is 3.23. The SMILES string of the molecule is COc1cc(OC)cc(-c2noc(CCCO)n2)c1. The summed E-state index contributed by atoms with van der Waals surface area (Å²) < 4.78 is 15.5. The van der Waals surface area contributed by atoms with Crippen molar-refractivity contribution >= 4 is 0 Å². The lowest BCUT2D eigenvalue weighted by molar-refractivity contribution is 0.278. The van der Waals surface area contributed by atoms with Gasteiger partial charge in [0.15, 0.2) is 0 Å². The van der Waals surface area contributed by atoms with Crippen molar-refractivity contribution in [2.45, 2.75) is 12.8 Å². The molecule has 0 spiro atoms. The van der Waals surface area contributed by atoms with Gasteiger partial charge in [0.1, 0.15) is 11.5 Å². The fraction of sp³-hybridized carbons (Fsp3) is 0.385. The molecule has 19 heavy (non-hydrogen) atoms. The second-order valence-electron chi connectivity index (χ2n) is 3.94. The van der Waals surface area contributed by atoms with Crippen LogP contribution in [0.3, 0.4) is 0 Å². The minimum atomic E-state index is 0.102. The molecule has 6 nitrogen and oxygen atoms in total. The van der Waals surface area contributed by atoms with Crippen LogP contribution in [-0.4, -0.2) is 36.1 Å². The normalized spacial score (nSPS) is 10.5. The van der Waals surface area contributed by atoms with Crippen molar-refractivity contribution in [2.75, 3.05) is 20.8 Å². The third-order valence-electron chi connectivity index (χ3n) is 2.63. The maximum atomic E-state index is 8.77. The molecular formula is C13H16N2O4. The molecule has 0 atom stereocenters. The Balaban J connectivity index is 2.27. The van der Waals surface area contributed by atoms with E-state index in [-0.39, 0.29) is 6.61 Å². The summed E-state index contributed by atoms with van der Waals surface area (Å²) >= 11 is 0. The highest BCUT2D eigenvalue weighted by molar-refractivity contribution is 5.60. The largest absolute Gasteiger partial charge is 0.497 e. The Morgan fingerprint density at radius 3 is 2.42 bits per heavy atom. The summed E-state index contributed by atoms with van der Waals surface area (Å²) in [7, 11) is 3.17. The van der Waals surface area contributed by atoms with Gasteiger partial charge in [-0.05, 0) is 18.6 Å². The van der Waals surface area contributed by atoms with Crippen molar-refractivity contribution < 1.29 is 19.1 Å². The molecule has 6 heteroatoms. The number of rotatable bonds is 6. The van der Waals surface area contributed by atoms with Crippen LogP contribution < -0.4 is 9.47 Å². The first-order valence-electron chi connectivity index (χ1n) is 5.93. The van der Waals surface area contributed by atoms with E-state index in [1.807, 2.05) is 12.1 Å². The number of aromatic nitrogens is 2. The Morgan fingerprint density at radius 1 is 1.16 bits per heavy atom. The lowest BCUT2D eigenvalue weighted by Gasteiger charge is -2.05. The van der Waals surface area contributed by atoms with E-state index >= 15 is 0 Å². The molecule has 0 fully saturated rings. The van der Waals surface area contributed by atoms with E-state index in [9.17, 15) is 0 Å². The second kappa shape index (κ2) is 6.19. The second-order valence-corrected chi connectivity index (χ2v) is 3.94. The molecular weight excluding hydrogens is 248 g/mol. The molecule has 1 N–H and O–H groups in total. The molecule has 0 aliphatic carbocycles. The Hall–Kier alpha value is -2.08. The zero-order valence-corrected chi connectivity index (χ0v) is 10.9. The highest BCUT2D eigenvalue weighted by Gasteiger charge is 2.11. The molecule has 0 aliphatic heterocycles. The van der Waals surface area contributed by atoms with Crippen molar-refractivity contribution in [2.24, 2.45) is 0 Å². The standard InChI is InChI=1S/C13H16N2O4/c1-17-10-6-9(7-11(8-10)18-2)13-14-12(19-15-13)4-3-5-16/h6-8,16H,3-5H2,1-2H3. The van der Waals surface area contributed by atoms with Crippen molar-refractivity contribution in [3.05, 3.63) is 24.1 Å². The number of ether oxygens (including phenoxy) is 2. The van der Waals surface area contributed by atoms with Crippen LogP contribution in [0.25, 0.3) is 11.4 Å². The Labute approximate surface area is 111 Å². The van der Waals surface area contributed by atoms with Crippen LogP contribution in [0.15, 0.2) is 22.7 Å². The zero-order chi connectivity index (χ0) is 13.7. The van der Waals surface area contributed by atoms with Crippen LogP contribution in [0.1, 0.15) is 12.3 Å². The van der Waals surface area contributed by atoms with Gasteiger partial charge in [0.2, 0.25) is 11.7 Å². The molecule has 0 bridgehead atoms. The van der Waals surface area contributed by atoms with Gasteiger partial charge in [0.05, 0.1) is 14.2 Å². The maximum absolute atomic E-state index is 8.77. The van der Waals surface area contributed by atoms with Gasteiger partial charge in [-0.15, -0.1) is 0 Å². The van der Waals surface area contributed by atoms with Gasteiger partial charge in [-0.2, -0.15) is 4.98 Å². The van der Waals surface area contributed by atoms with Crippen LogP contribution in [0.5, 0.6) is 11.5 Å². The summed E-state index contributed by atoms with van der Waals surface area (Å²) in [6.07, 6.45) is 1.16. The van der Waals surface area contributed by atoms with Gasteiger partial charge in [0.25, 0.3) is 0 Å². The highest BCUT2D eigenvalue weighted by atomic mass is 16.5. The monoisotopic (exact) mass is 264 g/mol. The lowest BCUT2D eigenvalue weighted by atomic mass is 10.2. The first-order valence-corrected chi connectivity index (χ1v) is 5.93. The zero-order valence-electron chi connectivity index (χ0n) is 10.9. The first-order chi connectivity index (χ1) is 9.26. The van der Waals surface area contributed by atoms with Crippen molar-refractivity contribution in [1.82, 2.24) is 10.1 Å². The lowest BCUT2D eigenvalue weighted by Crippen LogP contribution is -1.91. The highest BCUT2D eigenvalue weighted by Crippen LogP contribution is 2.28. The van der Waals surface area contributed by atoms with E-state index in [2.05, 4.69) is 10.1 Å². The number of benzene rings is 1. The summed E-state index contributed by atoms with van der Waals surface area (Å²) in [5, 5.41) is 12.7. The van der Waals surface area contributed by atoms with Crippen molar-refractivity contribution in [1.29, 1.82) is 0 Å². The average molecular weight is 264 g/mol. The maximum Gasteiger partial charge on any atom is 0.227 e. The van der Waals surface area contributed by atoms with Gasteiger partial charge in [0, 0.05) is 24.7 Å². The predicted molar refractivity (Wildman–Crippen MR) is 68.2 cm³/mol. The number of aryl methyl sites for hydroxylation is 1. The Kier molecular flexibility index (Phi) is 4.35.